The van der Waals surface area contributed by atoms with Gasteiger partial charge >= 0.3 is 0 Å². The lowest BCUT2D eigenvalue weighted by Gasteiger charge is -2.22. The number of hydrogen-bond donors (Lipinski definition) is 1. The molecule has 27 heavy (non-hydrogen) atoms. The Morgan fingerprint density at radius 2 is 1.78 bits per heavy atom. The van der Waals surface area contributed by atoms with Gasteiger partial charge < -0.3 is 10.2 Å². The Hall–Kier alpha value is -1.93. The highest BCUT2D eigenvalue weighted by atomic mass is 127. The van der Waals surface area contributed by atoms with Crippen molar-refractivity contribution in [1.82, 2.24) is 9.80 Å². The molecule has 0 aromatic heterocycles. The molecule has 6 heteroatoms. The zero-order valence-electron chi connectivity index (χ0n) is 15.5. The van der Waals surface area contributed by atoms with E-state index in [0.717, 1.165) is 39.9 Å². The summed E-state index contributed by atoms with van der Waals surface area (Å²) >= 11 is 2.25. The van der Waals surface area contributed by atoms with Crippen LogP contribution in [-0.4, -0.2) is 54.3 Å². The number of rotatable bonds is 4. The first-order chi connectivity index (χ1) is 13.0. The Morgan fingerprint density at radius 1 is 1.00 bits per heavy atom. The molecule has 2 amide bonds. The molecule has 2 aromatic carbocycles. The molecule has 0 aliphatic carbocycles. The van der Waals surface area contributed by atoms with E-state index in [-0.39, 0.29) is 11.8 Å². The predicted molar refractivity (Wildman–Crippen MR) is 116 cm³/mol. The monoisotopic (exact) mass is 477 g/mol. The second kappa shape index (κ2) is 9.32. The number of carbonyl (C=O) groups is 2. The van der Waals surface area contributed by atoms with Crippen LogP contribution >= 0.6 is 22.6 Å². The molecular weight excluding hydrogens is 453 g/mol. The van der Waals surface area contributed by atoms with Crippen LogP contribution < -0.4 is 5.32 Å². The summed E-state index contributed by atoms with van der Waals surface area (Å²) in [5.41, 5.74) is 2.70. The molecule has 0 spiro atoms. The van der Waals surface area contributed by atoms with Gasteiger partial charge in [0.2, 0.25) is 5.91 Å². The third-order valence-electron chi connectivity index (χ3n) is 4.72. The normalized spacial score (nSPS) is 15.3. The Balaban J connectivity index is 1.56. The molecule has 142 valence electrons. The van der Waals surface area contributed by atoms with Gasteiger partial charge in [0, 0.05) is 35.4 Å². The SMILES string of the molecule is Cc1cccc(C(=O)N2CCCN(CC(=O)Nc3ccccc3)CC2)c1I. The fourth-order valence-corrected chi connectivity index (χ4v) is 3.83. The highest BCUT2D eigenvalue weighted by molar-refractivity contribution is 14.1. The van der Waals surface area contributed by atoms with Crippen molar-refractivity contribution >= 4 is 40.1 Å². The molecular formula is C21H24IN3O2. The van der Waals surface area contributed by atoms with Gasteiger partial charge in [-0.2, -0.15) is 0 Å². The minimum Gasteiger partial charge on any atom is -0.337 e. The van der Waals surface area contributed by atoms with Gasteiger partial charge in [-0.3, -0.25) is 14.5 Å². The maximum atomic E-state index is 12.9. The lowest BCUT2D eigenvalue weighted by molar-refractivity contribution is -0.117. The molecule has 0 atom stereocenters. The molecule has 1 aliphatic heterocycles. The summed E-state index contributed by atoms with van der Waals surface area (Å²) in [6.45, 7) is 5.25. The van der Waals surface area contributed by atoms with E-state index in [1.807, 2.05) is 60.4 Å². The van der Waals surface area contributed by atoms with Crippen LogP contribution in [0.5, 0.6) is 0 Å². The number of aryl methyl sites for hydroxylation is 1. The Kier molecular flexibility index (Phi) is 6.84. The van der Waals surface area contributed by atoms with Crippen LogP contribution in [-0.2, 0) is 4.79 Å². The highest BCUT2D eigenvalue weighted by Crippen LogP contribution is 2.19. The molecule has 1 heterocycles. The van der Waals surface area contributed by atoms with E-state index >= 15 is 0 Å². The molecule has 1 saturated heterocycles. The van der Waals surface area contributed by atoms with Crippen molar-refractivity contribution < 1.29 is 9.59 Å². The molecule has 5 nitrogen and oxygen atoms in total. The Labute approximate surface area is 173 Å². The molecule has 0 unspecified atom stereocenters. The van der Waals surface area contributed by atoms with Crippen molar-refractivity contribution in [1.29, 1.82) is 0 Å². The number of hydrogen-bond acceptors (Lipinski definition) is 3. The van der Waals surface area contributed by atoms with Crippen LogP contribution in [0.1, 0.15) is 22.3 Å². The number of carbonyl (C=O) groups excluding carboxylic acids is 2. The Bertz CT molecular complexity index is 810. The lowest BCUT2D eigenvalue weighted by atomic mass is 10.1. The van der Waals surface area contributed by atoms with Crippen LogP contribution in [0.4, 0.5) is 5.69 Å². The van der Waals surface area contributed by atoms with Crippen molar-refractivity contribution in [2.45, 2.75) is 13.3 Å². The summed E-state index contributed by atoms with van der Waals surface area (Å²) in [6, 6.07) is 15.3. The van der Waals surface area contributed by atoms with E-state index in [1.54, 1.807) is 0 Å². The number of anilines is 1. The smallest absolute Gasteiger partial charge is 0.254 e. The van der Waals surface area contributed by atoms with Gasteiger partial charge in [-0.05, 0) is 59.7 Å². The Morgan fingerprint density at radius 3 is 2.56 bits per heavy atom. The van der Waals surface area contributed by atoms with Gasteiger partial charge in [-0.25, -0.2) is 0 Å². The van der Waals surface area contributed by atoms with Crippen LogP contribution in [0.3, 0.4) is 0 Å². The number of benzene rings is 2. The molecule has 1 aliphatic rings. The summed E-state index contributed by atoms with van der Waals surface area (Å²) < 4.78 is 1.02. The number of nitrogens with one attached hydrogen (secondary N) is 1. The summed E-state index contributed by atoms with van der Waals surface area (Å²) in [5.74, 6) is 0.0629. The van der Waals surface area contributed by atoms with Crippen molar-refractivity contribution in [2.75, 3.05) is 38.0 Å². The van der Waals surface area contributed by atoms with Crippen molar-refractivity contribution in [3.05, 3.63) is 63.2 Å². The zero-order chi connectivity index (χ0) is 19.2. The highest BCUT2D eigenvalue weighted by Gasteiger charge is 2.23. The zero-order valence-corrected chi connectivity index (χ0v) is 17.6. The fourth-order valence-electron chi connectivity index (χ4n) is 3.24. The van der Waals surface area contributed by atoms with E-state index in [4.69, 9.17) is 0 Å². The van der Waals surface area contributed by atoms with E-state index in [1.165, 1.54) is 0 Å². The third kappa shape index (κ3) is 5.29. The van der Waals surface area contributed by atoms with E-state index < -0.39 is 0 Å². The summed E-state index contributed by atoms with van der Waals surface area (Å²) in [6.07, 6.45) is 0.868. The summed E-state index contributed by atoms with van der Waals surface area (Å²) in [5, 5.41) is 2.92. The van der Waals surface area contributed by atoms with Gasteiger partial charge in [-0.15, -0.1) is 0 Å². The summed E-state index contributed by atoms with van der Waals surface area (Å²) in [4.78, 5) is 29.2. The third-order valence-corrected chi connectivity index (χ3v) is 6.15. The first-order valence-corrected chi connectivity index (χ1v) is 10.2. The standard InChI is InChI=1S/C21H24IN3O2/c1-16-7-5-10-18(20(16)22)21(27)25-12-6-11-24(13-14-25)15-19(26)23-17-8-3-2-4-9-17/h2-5,7-10H,6,11-15H2,1H3,(H,23,26). The average Bonchev–Trinajstić information content (AvgIpc) is 2.90. The molecule has 3 rings (SSSR count). The van der Waals surface area contributed by atoms with Gasteiger partial charge in [-0.1, -0.05) is 30.3 Å². The van der Waals surface area contributed by atoms with Gasteiger partial charge in [0.15, 0.2) is 0 Å². The van der Waals surface area contributed by atoms with Crippen LogP contribution in [0.15, 0.2) is 48.5 Å². The van der Waals surface area contributed by atoms with Crippen molar-refractivity contribution in [2.24, 2.45) is 0 Å². The number of para-hydroxylation sites is 1. The largest absolute Gasteiger partial charge is 0.337 e. The predicted octanol–water partition coefficient (Wildman–Crippen LogP) is 3.39. The fraction of sp³-hybridized carbons (Fsp3) is 0.333. The average molecular weight is 477 g/mol. The van der Waals surface area contributed by atoms with Crippen LogP contribution in [0.2, 0.25) is 0 Å². The molecule has 0 saturated carbocycles. The first-order valence-electron chi connectivity index (χ1n) is 9.16. The van der Waals surface area contributed by atoms with Crippen LogP contribution in [0, 0.1) is 10.5 Å². The molecule has 0 radical (unpaired) electrons. The van der Waals surface area contributed by atoms with Crippen molar-refractivity contribution in [3.8, 4) is 0 Å². The van der Waals surface area contributed by atoms with E-state index in [2.05, 4.69) is 32.8 Å². The van der Waals surface area contributed by atoms with Gasteiger partial charge in [0.25, 0.3) is 5.91 Å². The first kappa shape index (κ1) is 19.8. The maximum absolute atomic E-state index is 12.9. The quantitative estimate of drug-likeness (QED) is 0.688. The number of amides is 2. The minimum absolute atomic E-state index is 0.0193. The van der Waals surface area contributed by atoms with E-state index in [0.29, 0.717) is 19.6 Å². The number of nitrogens with zero attached hydrogens (tertiary/aromatic N) is 2. The maximum Gasteiger partial charge on any atom is 0.254 e. The second-order valence-corrected chi connectivity index (χ2v) is 7.85. The minimum atomic E-state index is -0.0193. The van der Waals surface area contributed by atoms with Gasteiger partial charge in [0.05, 0.1) is 12.1 Å². The topological polar surface area (TPSA) is 52.7 Å². The van der Waals surface area contributed by atoms with Gasteiger partial charge in [0.1, 0.15) is 0 Å². The summed E-state index contributed by atoms with van der Waals surface area (Å²) in [7, 11) is 0. The molecule has 2 aromatic rings. The number of halogens is 1. The van der Waals surface area contributed by atoms with E-state index in [9.17, 15) is 9.59 Å². The molecule has 1 fully saturated rings. The second-order valence-electron chi connectivity index (χ2n) is 6.77. The molecule has 1 N–H and O–H groups in total. The van der Waals surface area contributed by atoms with Crippen molar-refractivity contribution in [3.63, 3.8) is 0 Å². The van der Waals surface area contributed by atoms with Crippen LogP contribution in [0.25, 0.3) is 0 Å². The lowest BCUT2D eigenvalue weighted by Crippen LogP contribution is -2.38. The molecule has 0 bridgehead atoms.